The summed E-state index contributed by atoms with van der Waals surface area (Å²) in [6.07, 6.45) is 9.21. The van der Waals surface area contributed by atoms with E-state index in [-0.39, 0.29) is 12.5 Å². The summed E-state index contributed by atoms with van der Waals surface area (Å²) in [7, 11) is 0. The zero-order valence-electron chi connectivity index (χ0n) is 16.7. The van der Waals surface area contributed by atoms with Crippen LogP contribution in [0.15, 0.2) is 61.1 Å². The lowest BCUT2D eigenvalue weighted by atomic mass is 10.1. The highest BCUT2D eigenvalue weighted by molar-refractivity contribution is 5.97. The molecule has 7 heteroatoms. The SMILES string of the molecule is O=C(OCC(=O)N1CCCCCC1)c1cn(-c2ccccc2)nc1-c1cccnc1. The summed E-state index contributed by atoms with van der Waals surface area (Å²) in [5.41, 5.74) is 2.30. The minimum atomic E-state index is -0.570. The van der Waals surface area contributed by atoms with Gasteiger partial charge in [0.05, 0.1) is 5.69 Å². The first kappa shape index (κ1) is 19.8. The molecule has 0 bridgehead atoms. The van der Waals surface area contributed by atoms with E-state index in [0.29, 0.717) is 16.8 Å². The van der Waals surface area contributed by atoms with Crippen molar-refractivity contribution in [2.24, 2.45) is 0 Å². The zero-order chi connectivity index (χ0) is 20.8. The van der Waals surface area contributed by atoms with Gasteiger partial charge in [-0.3, -0.25) is 9.78 Å². The summed E-state index contributed by atoms with van der Waals surface area (Å²) in [4.78, 5) is 31.3. The Kier molecular flexibility index (Phi) is 6.17. The van der Waals surface area contributed by atoms with Crippen molar-refractivity contribution in [1.29, 1.82) is 0 Å². The second-order valence-electron chi connectivity index (χ2n) is 7.28. The number of para-hydroxylation sites is 1. The molecule has 1 saturated heterocycles. The number of amides is 1. The Morgan fingerprint density at radius 1 is 0.967 bits per heavy atom. The molecule has 1 amide bonds. The first-order valence-corrected chi connectivity index (χ1v) is 10.2. The summed E-state index contributed by atoms with van der Waals surface area (Å²) in [5.74, 6) is -0.720. The smallest absolute Gasteiger partial charge is 0.342 e. The number of likely N-dealkylation sites (tertiary alicyclic amines) is 1. The van der Waals surface area contributed by atoms with Crippen LogP contribution < -0.4 is 0 Å². The molecular weight excluding hydrogens is 380 g/mol. The predicted octanol–water partition coefficient (Wildman–Crippen LogP) is 3.49. The van der Waals surface area contributed by atoms with Crippen LogP contribution in [-0.4, -0.2) is 51.2 Å². The zero-order valence-corrected chi connectivity index (χ0v) is 16.7. The van der Waals surface area contributed by atoms with Crippen molar-refractivity contribution >= 4 is 11.9 Å². The van der Waals surface area contributed by atoms with Crippen LogP contribution in [-0.2, 0) is 9.53 Å². The first-order chi connectivity index (χ1) is 14.7. The summed E-state index contributed by atoms with van der Waals surface area (Å²) in [5, 5.41) is 4.58. The van der Waals surface area contributed by atoms with Gasteiger partial charge in [-0.1, -0.05) is 31.0 Å². The van der Waals surface area contributed by atoms with Gasteiger partial charge in [-0.15, -0.1) is 0 Å². The molecule has 0 unspecified atom stereocenters. The van der Waals surface area contributed by atoms with Crippen LogP contribution in [0, 0.1) is 0 Å². The van der Waals surface area contributed by atoms with Crippen LogP contribution in [0.3, 0.4) is 0 Å². The van der Waals surface area contributed by atoms with Crippen LogP contribution in [0.5, 0.6) is 0 Å². The van der Waals surface area contributed by atoms with Gasteiger partial charge in [-0.2, -0.15) is 5.10 Å². The minimum absolute atomic E-state index is 0.149. The van der Waals surface area contributed by atoms with Crippen LogP contribution >= 0.6 is 0 Å². The molecule has 2 aromatic heterocycles. The van der Waals surface area contributed by atoms with E-state index in [1.807, 2.05) is 36.4 Å². The third-order valence-electron chi connectivity index (χ3n) is 5.18. The third-order valence-corrected chi connectivity index (χ3v) is 5.18. The maximum absolute atomic E-state index is 12.9. The number of hydrogen-bond acceptors (Lipinski definition) is 5. The number of pyridine rings is 1. The van der Waals surface area contributed by atoms with Gasteiger partial charge in [0.1, 0.15) is 11.3 Å². The van der Waals surface area contributed by atoms with E-state index >= 15 is 0 Å². The second kappa shape index (κ2) is 9.35. The number of hydrogen-bond donors (Lipinski definition) is 0. The first-order valence-electron chi connectivity index (χ1n) is 10.2. The molecule has 30 heavy (non-hydrogen) atoms. The van der Waals surface area contributed by atoms with E-state index in [2.05, 4.69) is 10.1 Å². The van der Waals surface area contributed by atoms with Gasteiger partial charge in [0.15, 0.2) is 6.61 Å². The van der Waals surface area contributed by atoms with Gasteiger partial charge in [0.2, 0.25) is 0 Å². The Hall–Kier alpha value is -3.48. The highest BCUT2D eigenvalue weighted by Gasteiger charge is 2.22. The molecule has 1 aromatic carbocycles. The van der Waals surface area contributed by atoms with Crippen molar-refractivity contribution in [2.45, 2.75) is 25.7 Å². The molecular formula is C23H24N4O3. The van der Waals surface area contributed by atoms with Crippen molar-refractivity contribution in [1.82, 2.24) is 19.7 Å². The average Bonchev–Trinajstić information content (AvgIpc) is 3.07. The number of benzene rings is 1. The Morgan fingerprint density at radius 3 is 2.43 bits per heavy atom. The van der Waals surface area contributed by atoms with Crippen molar-refractivity contribution in [3.63, 3.8) is 0 Å². The maximum Gasteiger partial charge on any atom is 0.342 e. The normalized spacial score (nSPS) is 14.2. The van der Waals surface area contributed by atoms with Crippen molar-refractivity contribution in [3.8, 4) is 16.9 Å². The van der Waals surface area contributed by atoms with Crippen molar-refractivity contribution < 1.29 is 14.3 Å². The van der Waals surface area contributed by atoms with E-state index in [1.165, 1.54) is 0 Å². The van der Waals surface area contributed by atoms with E-state index in [9.17, 15) is 9.59 Å². The maximum atomic E-state index is 12.9. The lowest BCUT2D eigenvalue weighted by Crippen LogP contribution is -2.35. The molecule has 7 nitrogen and oxygen atoms in total. The Morgan fingerprint density at radius 2 is 1.73 bits per heavy atom. The van der Waals surface area contributed by atoms with E-state index in [1.54, 1.807) is 34.2 Å². The Balaban J connectivity index is 1.55. The van der Waals surface area contributed by atoms with Crippen LogP contribution in [0.2, 0.25) is 0 Å². The third kappa shape index (κ3) is 4.56. The summed E-state index contributed by atoms with van der Waals surface area (Å²) >= 11 is 0. The predicted molar refractivity (Wildman–Crippen MR) is 112 cm³/mol. The fourth-order valence-electron chi connectivity index (χ4n) is 3.57. The quantitative estimate of drug-likeness (QED) is 0.609. The highest BCUT2D eigenvalue weighted by Crippen LogP contribution is 2.24. The van der Waals surface area contributed by atoms with Gasteiger partial charge in [-0.05, 0) is 37.1 Å². The van der Waals surface area contributed by atoms with Crippen LogP contribution in [0.25, 0.3) is 16.9 Å². The lowest BCUT2D eigenvalue weighted by Gasteiger charge is -2.19. The second-order valence-corrected chi connectivity index (χ2v) is 7.28. The van der Waals surface area contributed by atoms with E-state index in [0.717, 1.165) is 44.5 Å². The fraction of sp³-hybridized carbons (Fsp3) is 0.304. The summed E-state index contributed by atoms with van der Waals surface area (Å²) in [6.45, 7) is 1.19. The highest BCUT2D eigenvalue weighted by atomic mass is 16.5. The van der Waals surface area contributed by atoms with Gasteiger partial charge >= 0.3 is 5.97 Å². The largest absolute Gasteiger partial charge is 0.452 e. The number of rotatable bonds is 5. The molecule has 0 atom stereocenters. The van der Waals surface area contributed by atoms with Gasteiger partial charge in [-0.25, -0.2) is 9.48 Å². The van der Waals surface area contributed by atoms with Gasteiger partial charge in [0, 0.05) is 37.2 Å². The van der Waals surface area contributed by atoms with E-state index < -0.39 is 5.97 Å². The molecule has 0 N–H and O–H groups in total. The minimum Gasteiger partial charge on any atom is -0.452 e. The topological polar surface area (TPSA) is 77.3 Å². The number of esters is 1. The molecule has 0 saturated carbocycles. The molecule has 154 valence electrons. The molecule has 1 fully saturated rings. The number of ether oxygens (including phenoxy) is 1. The molecule has 3 heterocycles. The molecule has 1 aliphatic heterocycles. The monoisotopic (exact) mass is 404 g/mol. The number of carbonyl (C=O) groups excluding carboxylic acids is 2. The molecule has 3 aromatic rings. The number of nitrogens with zero attached hydrogens (tertiary/aromatic N) is 4. The van der Waals surface area contributed by atoms with E-state index in [4.69, 9.17) is 4.74 Å². The molecule has 0 aliphatic carbocycles. The molecule has 0 radical (unpaired) electrons. The molecule has 4 rings (SSSR count). The van der Waals surface area contributed by atoms with Crippen molar-refractivity contribution in [2.75, 3.05) is 19.7 Å². The molecule has 0 spiro atoms. The Labute approximate surface area is 175 Å². The standard InChI is InChI=1S/C23H24N4O3/c28-21(26-13-6-1-2-7-14-26)17-30-23(29)20-16-27(19-10-4-3-5-11-19)25-22(20)18-9-8-12-24-15-18/h3-5,8-12,15-16H,1-2,6-7,13-14,17H2. The number of aromatic nitrogens is 3. The van der Waals surface area contributed by atoms with Crippen molar-refractivity contribution in [3.05, 3.63) is 66.6 Å². The summed E-state index contributed by atoms with van der Waals surface area (Å²) in [6, 6.07) is 13.1. The summed E-state index contributed by atoms with van der Waals surface area (Å²) < 4.78 is 7.03. The van der Waals surface area contributed by atoms with Gasteiger partial charge < -0.3 is 9.64 Å². The van der Waals surface area contributed by atoms with Gasteiger partial charge in [0.25, 0.3) is 5.91 Å². The van der Waals surface area contributed by atoms with Crippen LogP contribution in [0.1, 0.15) is 36.0 Å². The Bertz CT molecular complexity index is 994. The lowest BCUT2D eigenvalue weighted by molar-refractivity contribution is -0.134. The average molecular weight is 404 g/mol. The molecule has 1 aliphatic rings. The fourth-order valence-corrected chi connectivity index (χ4v) is 3.57. The van der Waals surface area contributed by atoms with Crippen LogP contribution in [0.4, 0.5) is 0 Å². The number of carbonyl (C=O) groups is 2.